The zero-order valence-electron chi connectivity index (χ0n) is 40.9. The van der Waals surface area contributed by atoms with Crippen LogP contribution in [0, 0.1) is 0 Å². The molecule has 0 amide bonds. The summed E-state index contributed by atoms with van der Waals surface area (Å²) < 4.78 is 16.8. The maximum absolute atomic E-state index is 12.8. The third-order valence-electron chi connectivity index (χ3n) is 11.2. The van der Waals surface area contributed by atoms with E-state index in [1.807, 2.05) is 0 Å². The van der Waals surface area contributed by atoms with Crippen molar-refractivity contribution in [2.45, 2.75) is 264 Å². The van der Waals surface area contributed by atoms with Crippen molar-refractivity contribution in [3.05, 3.63) is 60.8 Å². The van der Waals surface area contributed by atoms with Crippen LogP contribution in [-0.2, 0) is 28.6 Å². The van der Waals surface area contributed by atoms with E-state index in [4.69, 9.17) is 14.2 Å². The van der Waals surface area contributed by atoms with Crippen molar-refractivity contribution in [1.82, 2.24) is 0 Å². The molecule has 1 atom stereocenters. The van der Waals surface area contributed by atoms with Gasteiger partial charge in [-0.05, 0) is 103 Å². The third kappa shape index (κ3) is 48.1. The van der Waals surface area contributed by atoms with E-state index >= 15 is 0 Å². The molecule has 62 heavy (non-hydrogen) atoms. The molecular formula is C56H98O6. The maximum atomic E-state index is 12.8. The van der Waals surface area contributed by atoms with E-state index in [2.05, 4.69) is 81.5 Å². The molecule has 358 valence electrons. The lowest BCUT2D eigenvalue weighted by atomic mass is 10.1. The number of rotatable bonds is 47. The summed E-state index contributed by atoms with van der Waals surface area (Å²) in [5.74, 6) is -0.913. The van der Waals surface area contributed by atoms with Gasteiger partial charge in [0.15, 0.2) is 6.10 Å². The standard InChI is InChI=1S/C56H98O6/c1-4-7-10-13-16-19-22-25-26-27-28-29-32-34-37-40-43-46-49-55(58)61-52-53(62-56(59)50-47-44-41-38-35-31-24-21-18-15-12-9-6-3)51-60-54(57)48-45-42-39-36-33-30-23-20-17-14-11-8-5-2/h12,15,19-24,26-27,53H,4-11,13-14,16-18,25,28-52H2,1-3H3/b15-12-,22-19-,23-20-,24-21-,27-26-. The molecule has 0 radical (unpaired) electrons. The summed E-state index contributed by atoms with van der Waals surface area (Å²) in [5, 5.41) is 0. The highest BCUT2D eigenvalue weighted by Gasteiger charge is 2.19. The summed E-state index contributed by atoms with van der Waals surface area (Å²) in [6.45, 7) is 6.52. The Hall–Kier alpha value is -2.89. The van der Waals surface area contributed by atoms with Gasteiger partial charge in [-0.1, -0.05) is 197 Å². The minimum absolute atomic E-state index is 0.0866. The third-order valence-corrected chi connectivity index (χ3v) is 11.2. The molecule has 0 spiro atoms. The molecular weight excluding hydrogens is 769 g/mol. The molecule has 0 N–H and O–H groups in total. The SMILES string of the molecule is CCC/C=C\C/C=C\CCCCCCCC(=O)OC(COC(=O)CCCCCCC/C=C\CCCCCC)COC(=O)CCCCCCCCC/C=C\C/C=C\CCCCCC. The second kappa shape index (κ2) is 50.8. The molecule has 1 unspecified atom stereocenters. The van der Waals surface area contributed by atoms with Gasteiger partial charge in [-0.15, -0.1) is 0 Å². The van der Waals surface area contributed by atoms with Crippen molar-refractivity contribution in [2.75, 3.05) is 13.2 Å². The van der Waals surface area contributed by atoms with Crippen LogP contribution in [0.4, 0.5) is 0 Å². The Morgan fingerprint density at radius 3 is 0.968 bits per heavy atom. The fourth-order valence-electron chi connectivity index (χ4n) is 7.21. The van der Waals surface area contributed by atoms with Crippen LogP contribution in [0.5, 0.6) is 0 Å². The Labute approximate surface area is 383 Å². The summed E-state index contributed by atoms with van der Waals surface area (Å²) in [4.78, 5) is 38.0. The molecule has 0 fully saturated rings. The molecule has 0 aliphatic heterocycles. The summed E-state index contributed by atoms with van der Waals surface area (Å²) >= 11 is 0. The first-order chi connectivity index (χ1) is 30.5. The molecule has 6 nitrogen and oxygen atoms in total. The second-order valence-electron chi connectivity index (χ2n) is 17.4. The van der Waals surface area contributed by atoms with Gasteiger partial charge in [0, 0.05) is 19.3 Å². The Bertz CT molecular complexity index is 1130. The monoisotopic (exact) mass is 867 g/mol. The van der Waals surface area contributed by atoms with Crippen molar-refractivity contribution in [3.63, 3.8) is 0 Å². The average Bonchev–Trinajstić information content (AvgIpc) is 3.27. The quantitative estimate of drug-likeness (QED) is 0.0262. The Morgan fingerprint density at radius 1 is 0.323 bits per heavy atom. The number of ether oxygens (including phenoxy) is 3. The lowest BCUT2D eigenvalue weighted by molar-refractivity contribution is -0.167. The number of allylic oxidation sites excluding steroid dienone is 10. The minimum Gasteiger partial charge on any atom is -0.462 e. The van der Waals surface area contributed by atoms with Gasteiger partial charge in [-0.25, -0.2) is 0 Å². The summed E-state index contributed by atoms with van der Waals surface area (Å²) in [6, 6.07) is 0. The molecule has 0 aromatic heterocycles. The molecule has 0 saturated heterocycles. The first-order valence-electron chi connectivity index (χ1n) is 26.3. The maximum Gasteiger partial charge on any atom is 0.306 e. The number of carbonyl (C=O) groups excluding carboxylic acids is 3. The van der Waals surface area contributed by atoms with E-state index in [9.17, 15) is 14.4 Å². The smallest absolute Gasteiger partial charge is 0.306 e. The lowest BCUT2D eigenvalue weighted by Crippen LogP contribution is -2.30. The highest BCUT2D eigenvalue weighted by Crippen LogP contribution is 2.14. The van der Waals surface area contributed by atoms with Crippen molar-refractivity contribution in [3.8, 4) is 0 Å². The van der Waals surface area contributed by atoms with Gasteiger partial charge >= 0.3 is 17.9 Å². The molecule has 6 heteroatoms. The largest absolute Gasteiger partial charge is 0.462 e. The predicted octanol–water partition coefficient (Wildman–Crippen LogP) is 17.3. The van der Waals surface area contributed by atoms with Crippen LogP contribution in [0.3, 0.4) is 0 Å². The van der Waals surface area contributed by atoms with Crippen molar-refractivity contribution in [2.24, 2.45) is 0 Å². The van der Waals surface area contributed by atoms with Crippen LogP contribution in [-0.4, -0.2) is 37.2 Å². The van der Waals surface area contributed by atoms with Crippen LogP contribution >= 0.6 is 0 Å². The van der Waals surface area contributed by atoms with E-state index in [-0.39, 0.29) is 31.1 Å². The molecule has 0 heterocycles. The van der Waals surface area contributed by atoms with E-state index in [0.29, 0.717) is 19.3 Å². The molecule has 0 aliphatic rings. The highest BCUT2D eigenvalue weighted by molar-refractivity contribution is 5.71. The molecule has 0 aromatic rings. The van der Waals surface area contributed by atoms with Gasteiger partial charge in [0.1, 0.15) is 13.2 Å². The van der Waals surface area contributed by atoms with Gasteiger partial charge in [-0.3, -0.25) is 14.4 Å². The van der Waals surface area contributed by atoms with E-state index in [0.717, 1.165) is 109 Å². The Kier molecular flexibility index (Phi) is 48.4. The van der Waals surface area contributed by atoms with Crippen LogP contribution in [0.15, 0.2) is 60.8 Å². The fourth-order valence-corrected chi connectivity index (χ4v) is 7.21. The molecule has 0 aromatic carbocycles. The number of unbranched alkanes of at least 4 members (excludes halogenated alkanes) is 26. The van der Waals surface area contributed by atoms with Gasteiger partial charge in [0.05, 0.1) is 0 Å². The number of carbonyl (C=O) groups is 3. The van der Waals surface area contributed by atoms with Crippen molar-refractivity contribution in [1.29, 1.82) is 0 Å². The lowest BCUT2D eigenvalue weighted by Gasteiger charge is -2.18. The minimum atomic E-state index is -0.787. The fraction of sp³-hybridized carbons (Fsp3) is 0.768. The zero-order chi connectivity index (χ0) is 45.1. The molecule has 0 aliphatic carbocycles. The van der Waals surface area contributed by atoms with Crippen molar-refractivity contribution < 1.29 is 28.6 Å². The van der Waals surface area contributed by atoms with Gasteiger partial charge in [0.25, 0.3) is 0 Å². The first kappa shape index (κ1) is 59.1. The molecule has 0 rings (SSSR count). The first-order valence-corrected chi connectivity index (χ1v) is 26.3. The average molecular weight is 867 g/mol. The van der Waals surface area contributed by atoms with E-state index in [1.165, 1.54) is 109 Å². The topological polar surface area (TPSA) is 78.9 Å². The number of hydrogen-bond acceptors (Lipinski definition) is 6. The summed E-state index contributed by atoms with van der Waals surface area (Å²) in [5.41, 5.74) is 0. The van der Waals surface area contributed by atoms with Crippen LogP contribution in [0.1, 0.15) is 258 Å². The number of hydrogen-bond donors (Lipinski definition) is 0. The van der Waals surface area contributed by atoms with E-state index in [1.54, 1.807) is 0 Å². The van der Waals surface area contributed by atoms with Gasteiger partial charge in [0.2, 0.25) is 0 Å². The van der Waals surface area contributed by atoms with Crippen LogP contribution in [0.2, 0.25) is 0 Å². The molecule has 0 bridgehead atoms. The van der Waals surface area contributed by atoms with Gasteiger partial charge in [-0.2, -0.15) is 0 Å². The summed E-state index contributed by atoms with van der Waals surface area (Å²) in [6.07, 6.45) is 62.0. The summed E-state index contributed by atoms with van der Waals surface area (Å²) in [7, 11) is 0. The highest BCUT2D eigenvalue weighted by atomic mass is 16.6. The van der Waals surface area contributed by atoms with Crippen molar-refractivity contribution >= 4 is 17.9 Å². The second-order valence-corrected chi connectivity index (χ2v) is 17.4. The van der Waals surface area contributed by atoms with Crippen LogP contribution < -0.4 is 0 Å². The zero-order valence-corrected chi connectivity index (χ0v) is 40.9. The predicted molar refractivity (Wildman–Crippen MR) is 265 cm³/mol. The molecule has 0 saturated carbocycles. The normalized spacial score (nSPS) is 12.5. The van der Waals surface area contributed by atoms with E-state index < -0.39 is 6.10 Å². The number of esters is 3. The Morgan fingerprint density at radius 2 is 0.613 bits per heavy atom. The Balaban J connectivity index is 4.39. The van der Waals surface area contributed by atoms with Gasteiger partial charge < -0.3 is 14.2 Å². The van der Waals surface area contributed by atoms with Crippen LogP contribution in [0.25, 0.3) is 0 Å².